The number of aliphatic hydroxyl groups is 1. The number of hydrogen-bond acceptors (Lipinski definition) is 3. The molecular formula is C12H17NO2. The van der Waals surface area contributed by atoms with Gasteiger partial charge in [0.05, 0.1) is 19.3 Å². The molecule has 3 nitrogen and oxygen atoms in total. The first-order valence-corrected chi connectivity index (χ1v) is 5.38. The first kappa shape index (κ1) is 10.6. The Balaban J connectivity index is 1.75. The van der Waals surface area contributed by atoms with E-state index in [1.54, 1.807) is 0 Å². The maximum atomic E-state index is 8.95. The Labute approximate surface area is 90.1 Å². The van der Waals surface area contributed by atoms with Gasteiger partial charge in [-0.05, 0) is 12.0 Å². The molecule has 2 N–H and O–H groups in total. The third kappa shape index (κ3) is 3.02. The predicted octanol–water partition coefficient (Wildman–Crippen LogP) is 0.926. The molecule has 0 unspecified atom stereocenters. The van der Waals surface area contributed by atoms with Crippen molar-refractivity contribution >= 4 is 0 Å². The Morgan fingerprint density at radius 3 is 2.80 bits per heavy atom. The van der Waals surface area contributed by atoms with Crippen molar-refractivity contribution in [1.29, 1.82) is 0 Å². The van der Waals surface area contributed by atoms with E-state index in [2.05, 4.69) is 17.4 Å². The molecule has 1 aromatic carbocycles. The summed E-state index contributed by atoms with van der Waals surface area (Å²) in [6, 6.07) is 10.4. The number of hydrogen-bond donors (Lipinski definition) is 2. The molecule has 0 spiro atoms. The fourth-order valence-corrected chi connectivity index (χ4v) is 1.84. The summed E-state index contributed by atoms with van der Waals surface area (Å²) in [6.45, 7) is 1.70. The molecule has 1 aliphatic heterocycles. The highest BCUT2D eigenvalue weighted by Crippen LogP contribution is 2.12. The Morgan fingerprint density at radius 1 is 1.33 bits per heavy atom. The van der Waals surface area contributed by atoms with E-state index in [-0.39, 0.29) is 18.8 Å². The van der Waals surface area contributed by atoms with Crippen LogP contribution in [0.1, 0.15) is 12.0 Å². The van der Waals surface area contributed by atoms with Crippen molar-refractivity contribution < 1.29 is 9.84 Å². The van der Waals surface area contributed by atoms with Gasteiger partial charge >= 0.3 is 0 Å². The largest absolute Gasteiger partial charge is 0.395 e. The van der Waals surface area contributed by atoms with Gasteiger partial charge < -0.3 is 15.2 Å². The van der Waals surface area contributed by atoms with Crippen LogP contribution in [-0.2, 0) is 11.3 Å². The number of rotatable bonds is 4. The third-order valence-corrected chi connectivity index (χ3v) is 2.73. The van der Waals surface area contributed by atoms with Crippen molar-refractivity contribution in [2.75, 3.05) is 13.2 Å². The van der Waals surface area contributed by atoms with Crippen molar-refractivity contribution in [1.82, 2.24) is 5.32 Å². The molecule has 1 aliphatic rings. The van der Waals surface area contributed by atoms with Gasteiger partial charge in [-0.2, -0.15) is 0 Å². The standard InChI is InChI=1S/C12H17NO2/c14-8-11-6-12(7-13-11)15-9-10-4-2-1-3-5-10/h1-5,11-14H,6-9H2/t11-,12+/m0/s1. The number of aliphatic hydroxyl groups excluding tert-OH is 1. The molecule has 0 radical (unpaired) electrons. The van der Waals surface area contributed by atoms with E-state index in [0.29, 0.717) is 6.61 Å². The molecule has 3 heteroatoms. The van der Waals surface area contributed by atoms with Gasteiger partial charge in [-0.1, -0.05) is 30.3 Å². The minimum absolute atomic E-state index is 0.200. The van der Waals surface area contributed by atoms with Gasteiger partial charge in [0.25, 0.3) is 0 Å². The van der Waals surface area contributed by atoms with Gasteiger partial charge in [-0.25, -0.2) is 0 Å². The molecule has 2 rings (SSSR count). The number of benzene rings is 1. The summed E-state index contributed by atoms with van der Waals surface area (Å²) in [7, 11) is 0. The summed E-state index contributed by atoms with van der Waals surface area (Å²) >= 11 is 0. The maximum absolute atomic E-state index is 8.95. The monoisotopic (exact) mass is 207 g/mol. The molecule has 0 amide bonds. The Bertz CT molecular complexity index is 289. The van der Waals surface area contributed by atoms with Gasteiger partial charge in [0.2, 0.25) is 0 Å². The van der Waals surface area contributed by atoms with Crippen LogP contribution in [0.15, 0.2) is 30.3 Å². The zero-order valence-corrected chi connectivity index (χ0v) is 8.73. The van der Waals surface area contributed by atoms with Crippen LogP contribution in [0.3, 0.4) is 0 Å². The molecule has 1 heterocycles. The molecule has 0 aliphatic carbocycles. The van der Waals surface area contributed by atoms with Gasteiger partial charge in [-0.3, -0.25) is 0 Å². The first-order chi connectivity index (χ1) is 7.38. The first-order valence-electron chi connectivity index (χ1n) is 5.38. The smallest absolute Gasteiger partial charge is 0.0721 e. The molecule has 82 valence electrons. The second-order valence-corrected chi connectivity index (χ2v) is 3.94. The van der Waals surface area contributed by atoms with Gasteiger partial charge in [0, 0.05) is 12.6 Å². The highest BCUT2D eigenvalue weighted by atomic mass is 16.5. The highest BCUT2D eigenvalue weighted by molar-refractivity contribution is 5.13. The van der Waals surface area contributed by atoms with Gasteiger partial charge in [0.15, 0.2) is 0 Å². The van der Waals surface area contributed by atoms with Gasteiger partial charge in [-0.15, -0.1) is 0 Å². The van der Waals surface area contributed by atoms with Crippen LogP contribution in [0.5, 0.6) is 0 Å². The van der Waals surface area contributed by atoms with Crippen molar-refractivity contribution in [2.45, 2.75) is 25.2 Å². The minimum atomic E-state index is 0.200. The Morgan fingerprint density at radius 2 is 2.13 bits per heavy atom. The zero-order valence-electron chi connectivity index (χ0n) is 8.73. The topological polar surface area (TPSA) is 41.5 Å². The molecule has 1 aromatic rings. The Hall–Kier alpha value is -0.900. The van der Waals surface area contributed by atoms with Crippen molar-refractivity contribution in [2.24, 2.45) is 0 Å². The summed E-state index contributed by atoms with van der Waals surface area (Å²) in [5, 5.41) is 12.2. The lowest BCUT2D eigenvalue weighted by molar-refractivity contribution is 0.0512. The molecule has 15 heavy (non-hydrogen) atoms. The van der Waals surface area contributed by atoms with E-state index in [1.165, 1.54) is 5.56 Å². The molecule has 0 bridgehead atoms. The van der Waals surface area contributed by atoms with Crippen LogP contribution in [0.2, 0.25) is 0 Å². The van der Waals surface area contributed by atoms with Crippen LogP contribution >= 0.6 is 0 Å². The van der Waals surface area contributed by atoms with Crippen molar-refractivity contribution in [3.63, 3.8) is 0 Å². The number of ether oxygens (including phenoxy) is 1. The van der Waals surface area contributed by atoms with Crippen molar-refractivity contribution in [3.05, 3.63) is 35.9 Å². The molecule has 2 atom stereocenters. The van der Waals surface area contributed by atoms with E-state index in [1.807, 2.05) is 18.2 Å². The predicted molar refractivity (Wildman–Crippen MR) is 58.5 cm³/mol. The van der Waals surface area contributed by atoms with Crippen molar-refractivity contribution in [3.8, 4) is 0 Å². The summed E-state index contributed by atoms with van der Waals surface area (Å²) in [5.74, 6) is 0. The quantitative estimate of drug-likeness (QED) is 0.771. The lowest BCUT2D eigenvalue weighted by Gasteiger charge is -2.10. The van der Waals surface area contributed by atoms with E-state index < -0.39 is 0 Å². The Kier molecular flexibility index (Phi) is 3.72. The average Bonchev–Trinajstić information content (AvgIpc) is 2.76. The average molecular weight is 207 g/mol. The number of nitrogens with one attached hydrogen (secondary N) is 1. The summed E-state index contributed by atoms with van der Waals surface area (Å²) < 4.78 is 5.75. The third-order valence-electron chi connectivity index (χ3n) is 2.73. The second-order valence-electron chi connectivity index (χ2n) is 3.94. The molecule has 1 saturated heterocycles. The van der Waals surface area contributed by atoms with E-state index in [9.17, 15) is 0 Å². The van der Waals surface area contributed by atoms with Crippen LogP contribution < -0.4 is 5.32 Å². The molecule has 0 saturated carbocycles. The lowest BCUT2D eigenvalue weighted by Crippen LogP contribution is -2.24. The fourth-order valence-electron chi connectivity index (χ4n) is 1.84. The second kappa shape index (κ2) is 5.26. The maximum Gasteiger partial charge on any atom is 0.0721 e. The lowest BCUT2D eigenvalue weighted by atomic mass is 10.2. The normalized spacial score (nSPS) is 25.7. The van der Waals surface area contributed by atoms with Crippen LogP contribution in [-0.4, -0.2) is 30.4 Å². The summed E-state index contributed by atoms with van der Waals surface area (Å²) in [4.78, 5) is 0. The van der Waals surface area contributed by atoms with E-state index in [4.69, 9.17) is 9.84 Å². The fraction of sp³-hybridized carbons (Fsp3) is 0.500. The SMILES string of the molecule is OC[C@@H]1C[C@@H](OCc2ccccc2)CN1. The molecule has 1 fully saturated rings. The molecular weight excluding hydrogens is 190 g/mol. The molecule has 0 aromatic heterocycles. The van der Waals surface area contributed by atoms with Crippen LogP contribution in [0.4, 0.5) is 0 Å². The minimum Gasteiger partial charge on any atom is -0.395 e. The van der Waals surface area contributed by atoms with Gasteiger partial charge in [0.1, 0.15) is 0 Å². The zero-order chi connectivity index (χ0) is 10.5. The summed E-state index contributed by atoms with van der Waals surface area (Å²) in [5.41, 5.74) is 1.20. The van der Waals surface area contributed by atoms with Crippen LogP contribution in [0, 0.1) is 0 Å². The van der Waals surface area contributed by atoms with E-state index >= 15 is 0 Å². The van der Waals surface area contributed by atoms with E-state index in [0.717, 1.165) is 13.0 Å². The van der Waals surface area contributed by atoms with Crippen LogP contribution in [0.25, 0.3) is 0 Å². The summed E-state index contributed by atoms with van der Waals surface area (Å²) in [6.07, 6.45) is 1.14. The highest BCUT2D eigenvalue weighted by Gasteiger charge is 2.23.